The lowest BCUT2D eigenvalue weighted by Gasteiger charge is -2.34. The first-order chi connectivity index (χ1) is 12.6. The molecule has 0 aromatic carbocycles. The Morgan fingerprint density at radius 2 is 1.88 bits per heavy atom. The second-order valence-electron chi connectivity index (χ2n) is 6.61. The largest absolute Gasteiger partial charge is 0.336 e. The average Bonchev–Trinajstić information content (AvgIpc) is 3.06. The molecule has 0 atom stereocenters. The summed E-state index contributed by atoms with van der Waals surface area (Å²) in [4.78, 5) is 28.8. The normalized spacial score (nSPS) is 15.5. The van der Waals surface area contributed by atoms with Gasteiger partial charge in [0.05, 0.1) is 11.2 Å². The van der Waals surface area contributed by atoms with Crippen LogP contribution in [0.15, 0.2) is 53.6 Å². The minimum atomic E-state index is -0.246. The predicted molar refractivity (Wildman–Crippen MR) is 98.1 cm³/mol. The Bertz CT molecular complexity index is 965. The van der Waals surface area contributed by atoms with Crippen LogP contribution in [0.2, 0.25) is 0 Å². The minimum absolute atomic E-state index is 0.182. The lowest BCUT2D eigenvalue weighted by molar-refractivity contribution is 0.0624. The molecule has 0 saturated carbocycles. The van der Waals surface area contributed by atoms with Crippen molar-refractivity contribution in [3.8, 4) is 0 Å². The topological polar surface area (TPSA) is 62.9 Å². The van der Waals surface area contributed by atoms with Crippen LogP contribution < -0.4 is 5.56 Å². The number of hydrogen-bond donors (Lipinski definition) is 0. The molecule has 0 radical (unpaired) electrons. The summed E-state index contributed by atoms with van der Waals surface area (Å²) in [5, 5.41) is 4.58. The van der Waals surface area contributed by atoms with Gasteiger partial charge in [0.15, 0.2) is 0 Å². The maximum absolute atomic E-state index is 12.6. The van der Waals surface area contributed by atoms with Crippen molar-refractivity contribution in [3.63, 3.8) is 0 Å². The van der Waals surface area contributed by atoms with Crippen LogP contribution in [0.3, 0.4) is 0 Å². The van der Waals surface area contributed by atoms with Gasteiger partial charge in [-0.25, -0.2) is 4.52 Å². The Kier molecular flexibility index (Phi) is 4.30. The summed E-state index contributed by atoms with van der Waals surface area (Å²) in [7, 11) is 1.66. The van der Waals surface area contributed by atoms with E-state index in [9.17, 15) is 9.59 Å². The SMILES string of the molecule is Cn1cccc(C(=O)N2CCN(Cc3cc4ccccn4n3)CC2)c1=O. The van der Waals surface area contributed by atoms with Crippen molar-refractivity contribution in [2.75, 3.05) is 26.2 Å². The highest BCUT2D eigenvalue weighted by Gasteiger charge is 2.24. The van der Waals surface area contributed by atoms with Gasteiger partial charge in [-0.3, -0.25) is 14.5 Å². The summed E-state index contributed by atoms with van der Waals surface area (Å²) in [6.07, 6.45) is 3.60. The number of carbonyl (C=O) groups is 1. The van der Waals surface area contributed by atoms with Crippen LogP contribution in [0.25, 0.3) is 5.52 Å². The maximum Gasteiger partial charge on any atom is 0.263 e. The van der Waals surface area contributed by atoms with E-state index < -0.39 is 0 Å². The van der Waals surface area contributed by atoms with Crippen molar-refractivity contribution in [1.29, 1.82) is 0 Å². The third kappa shape index (κ3) is 3.13. The lowest BCUT2D eigenvalue weighted by atomic mass is 10.2. The zero-order valence-electron chi connectivity index (χ0n) is 14.7. The zero-order valence-corrected chi connectivity index (χ0v) is 14.7. The Morgan fingerprint density at radius 1 is 1.08 bits per heavy atom. The number of rotatable bonds is 3. The predicted octanol–water partition coefficient (Wildman–Crippen LogP) is 0.991. The number of amides is 1. The molecule has 0 aliphatic carbocycles. The first-order valence-corrected chi connectivity index (χ1v) is 8.72. The molecule has 1 amide bonds. The van der Waals surface area contributed by atoms with Crippen molar-refractivity contribution in [1.82, 2.24) is 24.0 Å². The van der Waals surface area contributed by atoms with Gasteiger partial charge < -0.3 is 9.47 Å². The Balaban J connectivity index is 1.40. The number of nitrogens with zero attached hydrogens (tertiary/aromatic N) is 5. The molecule has 7 heteroatoms. The van der Waals surface area contributed by atoms with Gasteiger partial charge >= 0.3 is 0 Å². The summed E-state index contributed by atoms with van der Waals surface area (Å²) in [5.74, 6) is -0.182. The van der Waals surface area contributed by atoms with E-state index in [0.29, 0.717) is 13.1 Å². The van der Waals surface area contributed by atoms with Crippen molar-refractivity contribution in [2.45, 2.75) is 6.54 Å². The monoisotopic (exact) mass is 351 g/mol. The van der Waals surface area contributed by atoms with E-state index in [1.54, 1.807) is 30.3 Å². The van der Waals surface area contributed by atoms with Crippen LogP contribution in [0.1, 0.15) is 16.1 Å². The second-order valence-corrected chi connectivity index (χ2v) is 6.61. The molecule has 1 aliphatic rings. The average molecular weight is 351 g/mol. The first kappa shape index (κ1) is 16.5. The fraction of sp³-hybridized carbons (Fsp3) is 0.316. The molecule has 4 rings (SSSR count). The van der Waals surface area contributed by atoms with E-state index in [0.717, 1.165) is 30.8 Å². The van der Waals surface area contributed by atoms with E-state index >= 15 is 0 Å². The Morgan fingerprint density at radius 3 is 2.65 bits per heavy atom. The van der Waals surface area contributed by atoms with E-state index in [1.807, 2.05) is 28.9 Å². The van der Waals surface area contributed by atoms with Crippen LogP contribution in [0.4, 0.5) is 0 Å². The molecular formula is C19H21N5O2. The molecule has 3 aromatic rings. The molecule has 1 saturated heterocycles. The highest BCUT2D eigenvalue weighted by molar-refractivity contribution is 5.93. The van der Waals surface area contributed by atoms with Crippen LogP contribution in [-0.4, -0.2) is 56.1 Å². The van der Waals surface area contributed by atoms with Crippen LogP contribution in [0.5, 0.6) is 0 Å². The number of aromatic nitrogens is 3. The summed E-state index contributed by atoms with van der Waals surface area (Å²) < 4.78 is 3.31. The van der Waals surface area contributed by atoms with Gasteiger partial charge in [0.2, 0.25) is 0 Å². The van der Waals surface area contributed by atoms with Crippen LogP contribution in [0, 0.1) is 0 Å². The van der Waals surface area contributed by atoms with Gasteiger partial charge in [-0.15, -0.1) is 0 Å². The third-order valence-electron chi connectivity index (χ3n) is 4.82. The van der Waals surface area contributed by atoms with Crippen LogP contribution in [-0.2, 0) is 13.6 Å². The lowest BCUT2D eigenvalue weighted by Crippen LogP contribution is -2.49. The van der Waals surface area contributed by atoms with Gasteiger partial charge in [0, 0.05) is 52.2 Å². The van der Waals surface area contributed by atoms with Gasteiger partial charge in [-0.05, 0) is 30.3 Å². The highest BCUT2D eigenvalue weighted by Crippen LogP contribution is 2.12. The number of fused-ring (bicyclic) bond motifs is 1. The number of piperazine rings is 1. The molecule has 0 unspecified atom stereocenters. The third-order valence-corrected chi connectivity index (χ3v) is 4.82. The fourth-order valence-corrected chi connectivity index (χ4v) is 3.34. The molecular weight excluding hydrogens is 330 g/mol. The Hall–Kier alpha value is -2.93. The van der Waals surface area contributed by atoms with Crippen molar-refractivity contribution < 1.29 is 4.79 Å². The number of carbonyl (C=O) groups excluding carboxylic acids is 1. The zero-order chi connectivity index (χ0) is 18.1. The van der Waals surface area contributed by atoms with Crippen molar-refractivity contribution in [2.24, 2.45) is 7.05 Å². The molecule has 134 valence electrons. The minimum Gasteiger partial charge on any atom is -0.336 e. The number of hydrogen-bond acceptors (Lipinski definition) is 4. The molecule has 0 N–H and O–H groups in total. The van der Waals surface area contributed by atoms with Gasteiger partial charge in [0.1, 0.15) is 5.56 Å². The summed E-state index contributed by atoms with van der Waals surface area (Å²) >= 11 is 0. The molecule has 0 bridgehead atoms. The molecule has 26 heavy (non-hydrogen) atoms. The van der Waals surface area contributed by atoms with Crippen molar-refractivity contribution >= 4 is 11.4 Å². The second kappa shape index (κ2) is 6.76. The van der Waals surface area contributed by atoms with E-state index in [2.05, 4.69) is 16.1 Å². The quantitative estimate of drug-likeness (QED) is 0.706. The molecule has 7 nitrogen and oxygen atoms in total. The first-order valence-electron chi connectivity index (χ1n) is 8.72. The summed E-state index contributed by atoms with van der Waals surface area (Å²) in [6, 6.07) is 11.4. The number of pyridine rings is 2. The van der Waals surface area contributed by atoms with Gasteiger partial charge in [-0.2, -0.15) is 5.10 Å². The van der Waals surface area contributed by atoms with Crippen molar-refractivity contribution in [3.05, 3.63) is 70.4 Å². The molecule has 3 aromatic heterocycles. The Labute approximate surface area is 151 Å². The summed E-state index contributed by atoms with van der Waals surface area (Å²) in [6.45, 7) is 3.53. The molecule has 4 heterocycles. The fourth-order valence-electron chi connectivity index (χ4n) is 3.34. The van der Waals surface area contributed by atoms with Gasteiger partial charge in [-0.1, -0.05) is 6.07 Å². The van der Waals surface area contributed by atoms with E-state index in [-0.39, 0.29) is 17.0 Å². The highest BCUT2D eigenvalue weighted by atomic mass is 16.2. The maximum atomic E-state index is 12.6. The molecule has 0 spiro atoms. The summed E-state index contributed by atoms with van der Waals surface area (Å²) in [5.41, 5.74) is 2.09. The van der Waals surface area contributed by atoms with Crippen LogP contribution >= 0.6 is 0 Å². The van der Waals surface area contributed by atoms with E-state index in [1.165, 1.54) is 4.57 Å². The van der Waals surface area contributed by atoms with E-state index in [4.69, 9.17) is 0 Å². The molecule has 1 aliphatic heterocycles. The molecule has 1 fully saturated rings. The standard InChI is InChI=1S/C19H21N5O2/c1-21-7-4-6-17(18(21)25)19(26)23-11-9-22(10-12-23)14-15-13-16-5-2-3-8-24(16)20-15/h2-8,13H,9-12,14H2,1H3. The smallest absolute Gasteiger partial charge is 0.263 e. The number of aryl methyl sites for hydroxylation is 1. The van der Waals surface area contributed by atoms with Gasteiger partial charge in [0.25, 0.3) is 11.5 Å².